The lowest BCUT2D eigenvalue weighted by molar-refractivity contribution is -0.140. The summed E-state index contributed by atoms with van der Waals surface area (Å²) < 4.78 is 31.8. The molecule has 0 saturated carbocycles. The summed E-state index contributed by atoms with van der Waals surface area (Å²) in [5.74, 6) is -1.17. The SMILES string of the molecule is Cc1c(S(=O)(=O)Nc2ccc(N3CC[C@@H](C(=O)O)C3)c3ccccc23)c2ccccc2n1C. The second-order valence-corrected chi connectivity index (χ2v) is 10.2. The number of nitrogens with one attached hydrogen (secondary N) is 1. The molecule has 7 nitrogen and oxygen atoms in total. The molecule has 0 amide bonds. The average molecular weight is 464 g/mol. The maximum absolute atomic E-state index is 13.6. The molecule has 4 aromatic rings. The molecule has 0 radical (unpaired) electrons. The molecule has 0 unspecified atom stereocenters. The number of hydrogen-bond acceptors (Lipinski definition) is 4. The molecule has 2 N–H and O–H groups in total. The van der Waals surface area contributed by atoms with Gasteiger partial charge in [0.15, 0.2) is 0 Å². The zero-order valence-electron chi connectivity index (χ0n) is 18.4. The lowest BCUT2D eigenvalue weighted by Crippen LogP contribution is -2.23. The number of aliphatic carboxylic acids is 1. The van der Waals surface area contributed by atoms with Crippen LogP contribution in [0.25, 0.3) is 21.7 Å². The van der Waals surface area contributed by atoms with Crippen LogP contribution in [-0.4, -0.2) is 37.2 Å². The third-order valence-corrected chi connectivity index (χ3v) is 8.18. The number of aromatic nitrogens is 1. The minimum absolute atomic E-state index is 0.276. The summed E-state index contributed by atoms with van der Waals surface area (Å²) in [5.41, 5.74) is 2.94. The van der Waals surface area contributed by atoms with Crippen molar-refractivity contribution < 1.29 is 18.3 Å². The molecular weight excluding hydrogens is 438 g/mol. The molecule has 1 saturated heterocycles. The van der Waals surface area contributed by atoms with Gasteiger partial charge in [0, 0.05) is 53.2 Å². The Bertz CT molecular complexity index is 1510. The van der Waals surface area contributed by atoms with Crippen molar-refractivity contribution in [1.82, 2.24) is 4.57 Å². The third-order valence-electron chi connectivity index (χ3n) is 6.63. The first-order valence-electron chi connectivity index (χ1n) is 10.8. The largest absolute Gasteiger partial charge is 0.481 e. The molecule has 8 heteroatoms. The van der Waals surface area contributed by atoms with Gasteiger partial charge in [-0.25, -0.2) is 8.42 Å². The molecular formula is C25H25N3O4S. The van der Waals surface area contributed by atoms with Gasteiger partial charge in [0.05, 0.1) is 11.6 Å². The molecule has 0 aliphatic carbocycles. The summed E-state index contributed by atoms with van der Waals surface area (Å²) in [5, 5.41) is 11.7. The van der Waals surface area contributed by atoms with Crippen molar-refractivity contribution in [3.63, 3.8) is 0 Å². The van der Waals surface area contributed by atoms with Crippen LogP contribution < -0.4 is 9.62 Å². The van der Waals surface area contributed by atoms with Crippen molar-refractivity contribution in [2.24, 2.45) is 13.0 Å². The predicted octanol–water partition coefficient (Wildman–Crippen LogP) is 4.35. The number of anilines is 2. The number of sulfonamides is 1. The van der Waals surface area contributed by atoms with Gasteiger partial charge in [-0.2, -0.15) is 0 Å². The Labute approximate surface area is 192 Å². The number of carboxylic acids is 1. The van der Waals surface area contributed by atoms with Gasteiger partial charge in [0.2, 0.25) is 0 Å². The van der Waals surface area contributed by atoms with E-state index in [2.05, 4.69) is 9.62 Å². The van der Waals surface area contributed by atoms with Crippen LogP contribution in [0.1, 0.15) is 12.1 Å². The van der Waals surface area contributed by atoms with Gasteiger partial charge in [-0.15, -0.1) is 0 Å². The number of fused-ring (bicyclic) bond motifs is 2. The Kier molecular flexibility index (Phi) is 5.05. The fourth-order valence-corrected chi connectivity index (χ4v) is 6.41. The van der Waals surface area contributed by atoms with E-state index in [9.17, 15) is 18.3 Å². The van der Waals surface area contributed by atoms with E-state index in [1.807, 2.05) is 73.1 Å². The number of hydrogen-bond donors (Lipinski definition) is 2. The lowest BCUT2D eigenvalue weighted by Gasteiger charge is -2.22. The Balaban J connectivity index is 1.57. The van der Waals surface area contributed by atoms with E-state index < -0.39 is 21.9 Å². The molecule has 33 heavy (non-hydrogen) atoms. The van der Waals surface area contributed by atoms with Crippen molar-refractivity contribution in [3.8, 4) is 0 Å². The summed E-state index contributed by atoms with van der Waals surface area (Å²) in [7, 11) is -1.99. The highest BCUT2D eigenvalue weighted by molar-refractivity contribution is 7.93. The lowest BCUT2D eigenvalue weighted by atomic mass is 10.1. The third kappa shape index (κ3) is 3.51. The quantitative estimate of drug-likeness (QED) is 0.459. The molecule has 0 spiro atoms. The first-order chi connectivity index (χ1) is 15.8. The highest BCUT2D eigenvalue weighted by atomic mass is 32.2. The Morgan fingerprint density at radius 2 is 1.67 bits per heavy atom. The van der Waals surface area contributed by atoms with Crippen LogP contribution in [0.3, 0.4) is 0 Å². The topological polar surface area (TPSA) is 91.6 Å². The maximum Gasteiger partial charge on any atom is 0.308 e. The minimum Gasteiger partial charge on any atom is -0.481 e. The van der Waals surface area contributed by atoms with Crippen LogP contribution in [0.2, 0.25) is 0 Å². The van der Waals surface area contributed by atoms with E-state index in [0.717, 1.165) is 22.0 Å². The first kappa shape index (κ1) is 21.3. The number of rotatable bonds is 5. The molecule has 170 valence electrons. The molecule has 1 fully saturated rings. The second-order valence-electron chi connectivity index (χ2n) is 8.54. The predicted molar refractivity (Wildman–Crippen MR) is 130 cm³/mol. The molecule has 5 rings (SSSR count). The molecule has 1 aliphatic heterocycles. The highest BCUT2D eigenvalue weighted by Crippen LogP contribution is 2.37. The zero-order chi connectivity index (χ0) is 23.3. The average Bonchev–Trinajstić information content (AvgIpc) is 3.38. The fourth-order valence-electron chi connectivity index (χ4n) is 4.85. The summed E-state index contributed by atoms with van der Waals surface area (Å²) in [6.07, 6.45) is 0.596. The second kappa shape index (κ2) is 7.81. The van der Waals surface area contributed by atoms with Crippen molar-refractivity contribution in [1.29, 1.82) is 0 Å². The molecule has 0 bridgehead atoms. The summed E-state index contributed by atoms with van der Waals surface area (Å²) in [6, 6.07) is 18.7. The van der Waals surface area contributed by atoms with Gasteiger partial charge >= 0.3 is 5.97 Å². The van der Waals surface area contributed by atoms with Gasteiger partial charge in [0.25, 0.3) is 10.0 Å². The molecule has 1 aromatic heterocycles. The Morgan fingerprint density at radius 3 is 2.36 bits per heavy atom. The number of carboxylic acid groups (broad SMARTS) is 1. The van der Waals surface area contributed by atoms with Crippen LogP contribution in [-0.2, 0) is 21.9 Å². The smallest absolute Gasteiger partial charge is 0.308 e. The van der Waals surface area contributed by atoms with Crippen molar-refractivity contribution >= 4 is 49.0 Å². The fraction of sp³-hybridized carbons (Fsp3) is 0.240. The van der Waals surface area contributed by atoms with Gasteiger partial charge in [0.1, 0.15) is 4.90 Å². The van der Waals surface area contributed by atoms with E-state index in [1.54, 1.807) is 6.07 Å². The van der Waals surface area contributed by atoms with E-state index in [4.69, 9.17) is 0 Å². The van der Waals surface area contributed by atoms with E-state index in [0.29, 0.717) is 36.3 Å². The molecule has 1 aliphatic rings. The molecule has 3 aromatic carbocycles. The van der Waals surface area contributed by atoms with Crippen LogP contribution in [0.15, 0.2) is 65.6 Å². The normalized spacial score (nSPS) is 16.5. The van der Waals surface area contributed by atoms with Gasteiger partial charge in [-0.05, 0) is 31.5 Å². The van der Waals surface area contributed by atoms with Crippen LogP contribution in [0, 0.1) is 12.8 Å². The van der Waals surface area contributed by atoms with Crippen molar-refractivity contribution in [2.45, 2.75) is 18.2 Å². The monoisotopic (exact) mass is 463 g/mol. The van der Waals surface area contributed by atoms with Crippen molar-refractivity contribution in [3.05, 3.63) is 66.4 Å². The van der Waals surface area contributed by atoms with E-state index in [1.165, 1.54) is 0 Å². The van der Waals surface area contributed by atoms with Crippen LogP contribution in [0.5, 0.6) is 0 Å². The van der Waals surface area contributed by atoms with Crippen LogP contribution >= 0.6 is 0 Å². The number of carbonyl (C=O) groups is 1. The van der Waals surface area contributed by atoms with E-state index in [-0.39, 0.29) is 4.90 Å². The molecule has 2 heterocycles. The number of aryl methyl sites for hydroxylation is 1. The summed E-state index contributed by atoms with van der Waals surface area (Å²) >= 11 is 0. The Morgan fingerprint density at radius 1 is 1.00 bits per heavy atom. The van der Waals surface area contributed by atoms with Crippen LogP contribution in [0.4, 0.5) is 11.4 Å². The number of para-hydroxylation sites is 1. The Hall–Kier alpha value is -3.52. The standard InChI is InChI=1S/C25H25N3O4S/c1-16-24(20-9-5-6-10-22(20)27(16)2)33(31,32)26-21-11-12-23(19-8-4-3-7-18(19)21)28-14-13-17(15-28)25(29)30/h3-12,17,26H,13-15H2,1-2H3,(H,29,30)/t17-/m1/s1. The highest BCUT2D eigenvalue weighted by Gasteiger charge is 2.30. The van der Waals surface area contributed by atoms with Crippen molar-refractivity contribution in [2.75, 3.05) is 22.7 Å². The van der Waals surface area contributed by atoms with Gasteiger partial charge < -0.3 is 14.6 Å². The van der Waals surface area contributed by atoms with Gasteiger partial charge in [-0.1, -0.05) is 42.5 Å². The summed E-state index contributed by atoms with van der Waals surface area (Å²) in [4.78, 5) is 13.7. The number of benzene rings is 3. The summed E-state index contributed by atoms with van der Waals surface area (Å²) in [6.45, 7) is 2.91. The first-order valence-corrected chi connectivity index (χ1v) is 12.3. The van der Waals surface area contributed by atoms with Gasteiger partial charge in [-0.3, -0.25) is 9.52 Å². The zero-order valence-corrected chi connectivity index (χ0v) is 19.3. The number of nitrogens with zero attached hydrogens (tertiary/aromatic N) is 2. The van der Waals surface area contributed by atoms with E-state index >= 15 is 0 Å². The molecule has 1 atom stereocenters. The minimum atomic E-state index is -3.86. The maximum atomic E-state index is 13.6.